The Hall–Kier alpha value is -0.890. The van der Waals surface area contributed by atoms with E-state index in [9.17, 15) is 4.39 Å². The highest BCUT2D eigenvalue weighted by Gasteiger charge is 1.95. The summed E-state index contributed by atoms with van der Waals surface area (Å²) >= 11 is 0. The topological polar surface area (TPSA) is 12.0 Å². The molecule has 0 unspecified atom stereocenters. The summed E-state index contributed by atoms with van der Waals surface area (Å²) in [5, 5.41) is 3.35. The zero-order valence-electron chi connectivity index (χ0n) is 10.8. The fraction of sp³-hybridized carbons (Fsp3) is 0.600. The van der Waals surface area contributed by atoms with Crippen LogP contribution in [0.3, 0.4) is 0 Å². The zero-order chi connectivity index (χ0) is 12.3. The van der Waals surface area contributed by atoms with Gasteiger partial charge in [0.1, 0.15) is 5.82 Å². The van der Waals surface area contributed by atoms with E-state index in [1.807, 2.05) is 6.07 Å². The van der Waals surface area contributed by atoms with Crippen molar-refractivity contribution in [2.75, 3.05) is 6.54 Å². The Kier molecular flexibility index (Phi) is 7.65. The quantitative estimate of drug-likeness (QED) is 0.632. The van der Waals surface area contributed by atoms with E-state index < -0.39 is 0 Å². The molecule has 0 saturated carbocycles. The van der Waals surface area contributed by atoms with E-state index in [2.05, 4.69) is 12.2 Å². The monoisotopic (exact) mass is 237 g/mol. The van der Waals surface area contributed by atoms with Gasteiger partial charge >= 0.3 is 0 Å². The molecule has 0 saturated heterocycles. The summed E-state index contributed by atoms with van der Waals surface area (Å²) in [6.45, 7) is 4.04. The number of nitrogens with one attached hydrogen (secondary N) is 1. The van der Waals surface area contributed by atoms with Crippen LogP contribution in [-0.4, -0.2) is 6.54 Å². The van der Waals surface area contributed by atoms with Crippen LogP contribution in [0.15, 0.2) is 24.3 Å². The maximum Gasteiger partial charge on any atom is 0.123 e. The highest BCUT2D eigenvalue weighted by Crippen LogP contribution is 2.05. The van der Waals surface area contributed by atoms with Gasteiger partial charge in [0.25, 0.3) is 0 Å². The largest absolute Gasteiger partial charge is 0.313 e. The Bertz CT molecular complexity index is 299. The Morgan fingerprint density at radius 2 is 1.82 bits per heavy atom. The Morgan fingerprint density at radius 1 is 1.06 bits per heavy atom. The summed E-state index contributed by atoms with van der Waals surface area (Å²) in [6, 6.07) is 6.79. The highest BCUT2D eigenvalue weighted by atomic mass is 19.1. The van der Waals surface area contributed by atoms with Crippen molar-refractivity contribution < 1.29 is 4.39 Å². The van der Waals surface area contributed by atoms with Crippen molar-refractivity contribution in [3.8, 4) is 0 Å². The van der Waals surface area contributed by atoms with Gasteiger partial charge in [-0.05, 0) is 30.7 Å². The lowest BCUT2D eigenvalue weighted by atomic mass is 10.1. The molecule has 0 spiro atoms. The first-order chi connectivity index (χ1) is 8.33. The molecule has 0 bridgehead atoms. The number of benzene rings is 1. The van der Waals surface area contributed by atoms with E-state index in [1.54, 1.807) is 12.1 Å². The molecular formula is C15H24FN. The molecule has 0 fully saturated rings. The predicted octanol–water partition coefficient (Wildman–Crippen LogP) is 4.28. The molecular weight excluding hydrogens is 213 g/mol. The fourth-order valence-corrected chi connectivity index (χ4v) is 1.91. The van der Waals surface area contributed by atoms with Crippen molar-refractivity contribution in [3.63, 3.8) is 0 Å². The van der Waals surface area contributed by atoms with Crippen LogP contribution in [0, 0.1) is 5.82 Å². The molecule has 0 atom stereocenters. The number of hydrogen-bond donors (Lipinski definition) is 1. The van der Waals surface area contributed by atoms with Crippen molar-refractivity contribution in [1.29, 1.82) is 0 Å². The number of hydrogen-bond acceptors (Lipinski definition) is 1. The highest BCUT2D eigenvalue weighted by molar-refractivity contribution is 5.15. The normalized spacial score (nSPS) is 10.7. The molecule has 96 valence electrons. The van der Waals surface area contributed by atoms with Gasteiger partial charge in [-0.3, -0.25) is 0 Å². The minimum absolute atomic E-state index is 0.149. The third kappa shape index (κ3) is 7.11. The lowest BCUT2D eigenvalue weighted by Gasteiger charge is -2.05. The van der Waals surface area contributed by atoms with Gasteiger partial charge in [-0.2, -0.15) is 0 Å². The van der Waals surface area contributed by atoms with Crippen LogP contribution in [0.25, 0.3) is 0 Å². The second-order valence-electron chi connectivity index (χ2n) is 4.57. The molecule has 0 aliphatic rings. The molecule has 2 heteroatoms. The zero-order valence-corrected chi connectivity index (χ0v) is 10.8. The van der Waals surface area contributed by atoms with E-state index in [0.717, 1.165) is 18.7 Å². The number of unbranched alkanes of at least 4 members (excludes halogenated alkanes) is 5. The van der Waals surface area contributed by atoms with Gasteiger partial charge in [-0.15, -0.1) is 0 Å². The molecule has 0 amide bonds. The van der Waals surface area contributed by atoms with Crippen LogP contribution in [0.2, 0.25) is 0 Å². The SMILES string of the molecule is CCCCCCCCNCc1cccc(F)c1. The number of rotatable bonds is 9. The molecule has 1 nitrogen and oxygen atoms in total. The molecule has 0 aliphatic heterocycles. The molecule has 1 rings (SSSR count). The lowest BCUT2D eigenvalue weighted by Crippen LogP contribution is -2.14. The van der Waals surface area contributed by atoms with Crippen molar-refractivity contribution in [1.82, 2.24) is 5.32 Å². The minimum atomic E-state index is -0.149. The van der Waals surface area contributed by atoms with Gasteiger partial charge in [0.15, 0.2) is 0 Å². The second-order valence-corrected chi connectivity index (χ2v) is 4.57. The van der Waals surface area contributed by atoms with E-state index in [1.165, 1.54) is 44.6 Å². The van der Waals surface area contributed by atoms with Crippen molar-refractivity contribution in [2.45, 2.75) is 52.0 Å². The molecule has 1 aromatic carbocycles. The smallest absolute Gasteiger partial charge is 0.123 e. The van der Waals surface area contributed by atoms with E-state index in [0.29, 0.717) is 0 Å². The molecule has 1 N–H and O–H groups in total. The average molecular weight is 237 g/mol. The molecule has 0 aliphatic carbocycles. The van der Waals surface area contributed by atoms with Crippen molar-refractivity contribution in [3.05, 3.63) is 35.6 Å². The van der Waals surface area contributed by atoms with Crippen LogP contribution in [0.4, 0.5) is 4.39 Å². The summed E-state index contributed by atoms with van der Waals surface area (Å²) in [5.41, 5.74) is 1.02. The van der Waals surface area contributed by atoms with Gasteiger partial charge in [0.2, 0.25) is 0 Å². The second kappa shape index (κ2) is 9.17. The van der Waals surface area contributed by atoms with Gasteiger partial charge in [0.05, 0.1) is 0 Å². The Labute approximate surface area is 104 Å². The summed E-state index contributed by atoms with van der Waals surface area (Å²) in [4.78, 5) is 0. The van der Waals surface area contributed by atoms with Crippen LogP contribution in [0.5, 0.6) is 0 Å². The Balaban J connectivity index is 1.97. The van der Waals surface area contributed by atoms with Crippen LogP contribution >= 0.6 is 0 Å². The summed E-state index contributed by atoms with van der Waals surface area (Å²) < 4.78 is 12.9. The van der Waals surface area contributed by atoms with E-state index >= 15 is 0 Å². The van der Waals surface area contributed by atoms with Gasteiger partial charge in [0, 0.05) is 6.54 Å². The van der Waals surface area contributed by atoms with Crippen LogP contribution < -0.4 is 5.32 Å². The summed E-state index contributed by atoms with van der Waals surface area (Å²) in [7, 11) is 0. The first-order valence-electron chi connectivity index (χ1n) is 6.78. The van der Waals surface area contributed by atoms with E-state index in [-0.39, 0.29) is 5.82 Å². The number of halogens is 1. The summed E-state index contributed by atoms with van der Waals surface area (Å²) in [6.07, 6.45) is 7.89. The van der Waals surface area contributed by atoms with Gasteiger partial charge in [-0.1, -0.05) is 51.2 Å². The molecule has 0 heterocycles. The molecule has 17 heavy (non-hydrogen) atoms. The maximum absolute atomic E-state index is 12.9. The van der Waals surface area contributed by atoms with Gasteiger partial charge in [-0.25, -0.2) is 4.39 Å². The molecule has 0 radical (unpaired) electrons. The lowest BCUT2D eigenvalue weighted by molar-refractivity contribution is 0.570. The van der Waals surface area contributed by atoms with Crippen molar-refractivity contribution >= 4 is 0 Å². The van der Waals surface area contributed by atoms with Crippen LogP contribution in [-0.2, 0) is 6.54 Å². The van der Waals surface area contributed by atoms with Gasteiger partial charge < -0.3 is 5.32 Å². The predicted molar refractivity (Wildman–Crippen MR) is 71.5 cm³/mol. The van der Waals surface area contributed by atoms with Crippen LogP contribution in [0.1, 0.15) is 51.0 Å². The fourth-order valence-electron chi connectivity index (χ4n) is 1.91. The van der Waals surface area contributed by atoms with Crippen molar-refractivity contribution in [2.24, 2.45) is 0 Å². The molecule has 1 aromatic rings. The summed E-state index contributed by atoms with van der Waals surface area (Å²) in [5.74, 6) is -0.149. The third-order valence-electron chi connectivity index (χ3n) is 2.93. The third-order valence-corrected chi connectivity index (χ3v) is 2.93. The van der Waals surface area contributed by atoms with E-state index in [4.69, 9.17) is 0 Å². The Morgan fingerprint density at radius 3 is 2.59 bits per heavy atom. The molecule has 0 aromatic heterocycles. The first kappa shape index (κ1) is 14.2. The first-order valence-corrected chi connectivity index (χ1v) is 6.78. The maximum atomic E-state index is 12.9. The standard InChI is InChI=1S/C15H24FN/c1-2-3-4-5-6-7-11-17-13-14-9-8-10-15(16)12-14/h8-10,12,17H,2-7,11,13H2,1H3. The average Bonchev–Trinajstić information content (AvgIpc) is 2.33. The minimum Gasteiger partial charge on any atom is -0.313 e.